The molecule has 0 aliphatic carbocycles. The molecule has 0 atom stereocenters. The summed E-state index contributed by atoms with van der Waals surface area (Å²) in [5.74, 6) is -1.58. The van der Waals surface area contributed by atoms with Crippen molar-refractivity contribution in [1.82, 2.24) is 10.2 Å². The Morgan fingerprint density at radius 2 is 1.83 bits per heavy atom. The lowest BCUT2D eigenvalue weighted by Gasteiger charge is -2.22. The molecule has 0 heterocycles. The van der Waals surface area contributed by atoms with Crippen LogP contribution in [0.5, 0.6) is 5.75 Å². The predicted octanol–water partition coefficient (Wildman–Crippen LogP) is 3.52. The second-order valence-corrected chi connectivity index (χ2v) is 7.77. The molecule has 0 radical (unpaired) electrons. The highest BCUT2D eigenvalue weighted by atomic mass is 16.6. The average Bonchev–Trinajstić information content (AvgIpc) is 2.61. The number of nitrogens with zero attached hydrogens (tertiary/aromatic N) is 1. The number of amides is 2. The minimum Gasteiger partial charge on any atom is -0.507 e. The molecule has 0 spiro atoms. The zero-order valence-corrected chi connectivity index (χ0v) is 17.7. The quantitative estimate of drug-likeness (QED) is 0.510. The molecule has 0 saturated heterocycles. The summed E-state index contributed by atoms with van der Waals surface area (Å²) in [6.45, 7) is 8.33. The first kappa shape index (κ1) is 24.3. The van der Waals surface area contributed by atoms with E-state index in [1.54, 1.807) is 37.8 Å². The van der Waals surface area contributed by atoms with Crippen molar-refractivity contribution in [1.29, 1.82) is 0 Å². The van der Waals surface area contributed by atoms with E-state index in [1.807, 2.05) is 6.92 Å². The Hall–Kier alpha value is -2.77. The number of unbranched alkanes of at least 4 members (excludes halogenated alkanes) is 2. The molecule has 0 aromatic heterocycles. The maximum atomic E-state index is 12.4. The summed E-state index contributed by atoms with van der Waals surface area (Å²) in [6.07, 6.45) is 2.08. The minimum absolute atomic E-state index is 0.0623. The molecule has 1 aromatic carbocycles. The van der Waals surface area contributed by atoms with Crippen molar-refractivity contribution in [3.8, 4) is 5.75 Å². The van der Waals surface area contributed by atoms with Gasteiger partial charge in [0, 0.05) is 31.6 Å². The molecule has 29 heavy (non-hydrogen) atoms. The first-order valence-corrected chi connectivity index (χ1v) is 9.84. The first-order valence-electron chi connectivity index (χ1n) is 9.84. The highest BCUT2D eigenvalue weighted by Gasteiger charge is 2.18. The van der Waals surface area contributed by atoms with Crippen molar-refractivity contribution in [2.45, 2.75) is 65.5 Å². The number of hydrogen-bond donors (Lipinski definition) is 3. The molecule has 0 aliphatic heterocycles. The SMILES string of the molecule is CCN(Cc1cccc(C(=O)O)c1O)C(=O)CCCCCNC(=O)OC(C)(C)C. The van der Waals surface area contributed by atoms with E-state index in [9.17, 15) is 19.5 Å². The van der Waals surface area contributed by atoms with Gasteiger partial charge in [0.05, 0.1) is 0 Å². The van der Waals surface area contributed by atoms with Gasteiger partial charge in [0.25, 0.3) is 0 Å². The van der Waals surface area contributed by atoms with Crippen LogP contribution in [0.4, 0.5) is 4.79 Å². The Labute approximate surface area is 171 Å². The number of para-hydroxylation sites is 1. The van der Waals surface area contributed by atoms with Gasteiger partial charge in [0.15, 0.2) is 0 Å². The Balaban J connectivity index is 2.40. The zero-order valence-electron chi connectivity index (χ0n) is 17.7. The van der Waals surface area contributed by atoms with Gasteiger partial charge in [-0.2, -0.15) is 0 Å². The third-order valence-corrected chi connectivity index (χ3v) is 4.18. The van der Waals surface area contributed by atoms with Crippen molar-refractivity contribution in [2.24, 2.45) is 0 Å². The van der Waals surface area contributed by atoms with Crippen molar-refractivity contribution in [3.05, 3.63) is 29.3 Å². The second kappa shape index (κ2) is 11.3. The molecule has 3 N–H and O–H groups in total. The topological polar surface area (TPSA) is 116 Å². The Morgan fingerprint density at radius 3 is 2.41 bits per heavy atom. The molecular formula is C21H32N2O6. The first-order chi connectivity index (χ1) is 13.5. The van der Waals surface area contributed by atoms with Crippen LogP contribution in [0.1, 0.15) is 69.3 Å². The Morgan fingerprint density at radius 1 is 1.14 bits per heavy atom. The van der Waals surface area contributed by atoms with E-state index in [0.717, 1.165) is 12.8 Å². The summed E-state index contributed by atoms with van der Waals surface area (Å²) < 4.78 is 5.15. The summed E-state index contributed by atoms with van der Waals surface area (Å²) in [7, 11) is 0. The molecular weight excluding hydrogens is 376 g/mol. The van der Waals surface area contributed by atoms with E-state index < -0.39 is 17.7 Å². The number of aromatic hydroxyl groups is 1. The number of hydrogen-bond acceptors (Lipinski definition) is 5. The van der Waals surface area contributed by atoms with Crippen molar-refractivity contribution >= 4 is 18.0 Å². The number of carbonyl (C=O) groups excluding carboxylic acids is 2. The van der Waals surface area contributed by atoms with Gasteiger partial charge in [-0.05, 0) is 46.6 Å². The third-order valence-electron chi connectivity index (χ3n) is 4.18. The lowest BCUT2D eigenvalue weighted by atomic mass is 10.1. The van der Waals surface area contributed by atoms with E-state index >= 15 is 0 Å². The number of benzene rings is 1. The standard InChI is InChI=1S/C21H32N2O6/c1-5-23(14-15-10-9-11-16(18(15)25)19(26)27)17(24)12-7-6-8-13-22-20(28)29-21(2,3)4/h9-11,25H,5-8,12-14H2,1-4H3,(H,22,28)(H,26,27). The number of phenols is 1. The minimum atomic E-state index is -1.21. The molecule has 8 heteroatoms. The number of aromatic carboxylic acids is 1. The van der Waals surface area contributed by atoms with Crippen molar-refractivity contribution < 1.29 is 29.3 Å². The number of rotatable bonds is 10. The maximum Gasteiger partial charge on any atom is 0.407 e. The van der Waals surface area contributed by atoms with Crippen LogP contribution in [0.3, 0.4) is 0 Å². The van der Waals surface area contributed by atoms with Gasteiger partial charge in [0.2, 0.25) is 5.91 Å². The van der Waals surface area contributed by atoms with Gasteiger partial charge < -0.3 is 25.2 Å². The summed E-state index contributed by atoms with van der Waals surface area (Å²) >= 11 is 0. The van der Waals surface area contributed by atoms with Crippen LogP contribution in [0.25, 0.3) is 0 Å². The van der Waals surface area contributed by atoms with Gasteiger partial charge >= 0.3 is 12.1 Å². The largest absolute Gasteiger partial charge is 0.507 e. The number of nitrogens with one attached hydrogen (secondary N) is 1. The zero-order chi connectivity index (χ0) is 22.0. The van der Waals surface area contributed by atoms with E-state index in [0.29, 0.717) is 31.5 Å². The molecule has 0 unspecified atom stereocenters. The fourth-order valence-electron chi connectivity index (χ4n) is 2.71. The number of ether oxygens (including phenoxy) is 1. The van der Waals surface area contributed by atoms with Crippen LogP contribution in [-0.4, -0.2) is 51.8 Å². The third kappa shape index (κ3) is 8.85. The van der Waals surface area contributed by atoms with Crippen LogP contribution in [0.15, 0.2) is 18.2 Å². The molecule has 0 aliphatic rings. The second-order valence-electron chi connectivity index (χ2n) is 7.77. The van der Waals surface area contributed by atoms with Crippen molar-refractivity contribution in [2.75, 3.05) is 13.1 Å². The highest BCUT2D eigenvalue weighted by molar-refractivity contribution is 5.91. The molecule has 0 saturated carbocycles. The molecule has 2 amide bonds. The van der Waals surface area contributed by atoms with E-state index in [2.05, 4.69) is 5.32 Å². The summed E-state index contributed by atoms with van der Waals surface area (Å²) in [4.78, 5) is 36.7. The van der Waals surface area contributed by atoms with Gasteiger partial charge in [-0.1, -0.05) is 18.6 Å². The summed E-state index contributed by atoms with van der Waals surface area (Å²) in [5.41, 5.74) is -0.302. The molecule has 0 fully saturated rings. The number of carboxylic acids is 1. The number of alkyl carbamates (subject to hydrolysis) is 1. The average molecular weight is 408 g/mol. The van der Waals surface area contributed by atoms with Gasteiger partial charge in [-0.25, -0.2) is 9.59 Å². The smallest absolute Gasteiger partial charge is 0.407 e. The predicted molar refractivity (Wildman–Crippen MR) is 109 cm³/mol. The Kier molecular flexibility index (Phi) is 9.44. The highest BCUT2D eigenvalue weighted by Crippen LogP contribution is 2.24. The van der Waals surface area contributed by atoms with Crippen LogP contribution >= 0.6 is 0 Å². The van der Waals surface area contributed by atoms with E-state index in [4.69, 9.17) is 9.84 Å². The number of carbonyl (C=O) groups is 3. The molecule has 1 aromatic rings. The fraction of sp³-hybridized carbons (Fsp3) is 0.571. The number of carboxylic acid groups (broad SMARTS) is 1. The van der Waals surface area contributed by atoms with E-state index in [-0.39, 0.29) is 23.8 Å². The van der Waals surface area contributed by atoms with Gasteiger partial charge in [-0.3, -0.25) is 4.79 Å². The lowest BCUT2D eigenvalue weighted by molar-refractivity contribution is -0.131. The Bertz CT molecular complexity index is 712. The fourth-order valence-corrected chi connectivity index (χ4v) is 2.71. The van der Waals surface area contributed by atoms with E-state index in [1.165, 1.54) is 6.07 Å². The van der Waals surface area contributed by atoms with Crippen molar-refractivity contribution in [3.63, 3.8) is 0 Å². The van der Waals surface area contributed by atoms with Crippen LogP contribution in [0.2, 0.25) is 0 Å². The molecule has 1 rings (SSSR count). The van der Waals surface area contributed by atoms with Crippen LogP contribution in [-0.2, 0) is 16.1 Å². The molecule has 8 nitrogen and oxygen atoms in total. The summed E-state index contributed by atoms with van der Waals surface area (Å²) in [6, 6.07) is 4.49. The maximum absolute atomic E-state index is 12.4. The normalized spacial score (nSPS) is 11.0. The monoisotopic (exact) mass is 408 g/mol. The van der Waals surface area contributed by atoms with Crippen LogP contribution < -0.4 is 5.32 Å². The molecule has 162 valence electrons. The van der Waals surface area contributed by atoms with Gasteiger partial charge in [0.1, 0.15) is 16.9 Å². The lowest BCUT2D eigenvalue weighted by Crippen LogP contribution is -2.33. The van der Waals surface area contributed by atoms with Crippen LogP contribution in [0, 0.1) is 0 Å². The van der Waals surface area contributed by atoms with Gasteiger partial charge in [-0.15, -0.1) is 0 Å². The molecule has 0 bridgehead atoms. The summed E-state index contributed by atoms with van der Waals surface area (Å²) in [5, 5.41) is 21.9.